The Morgan fingerprint density at radius 1 is 1.67 bits per heavy atom. The van der Waals surface area contributed by atoms with Crippen molar-refractivity contribution in [2.45, 2.75) is 51.7 Å². The van der Waals surface area contributed by atoms with Gasteiger partial charge in [0, 0.05) is 12.5 Å². The molecule has 1 aliphatic rings. The van der Waals surface area contributed by atoms with E-state index in [4.69, 9.17) is 5.73 Å². The number of aliphatic imine (C=N–C) groups is 1. The zero-order valence-corrected chi connectivity index (χ0v) is 8.01. The number of rotatable bonds is 3. The van der Waals surface area contributed by atoms with Crippen LogP contribution in [0.25, 0.3) is 0 Å². The van der Waals surface area contributed by atoms with Crippen LogP contribution >= 0.6 is 0 Å². The third kappa shape index (κ3) is 2.81. The van der Waals surface area contributed by atoms with Crippen molar-refractivity contribution < 1.29 is 0 Å². The molecule has 0 saturated heterocycles. The highest BCUT2D eigenvalue weighted by atomic mass is 15.1. The Balaban J connectivity index is 2.38. The van der Waals surface area contributed by atoms with Gasteiger partial charge in [0.05, 0.1) is 5.84 Å². The van der Waals surface area contributed by atoms with Crippen LogP contribution in [-0.4, -0.2) is 18.0 Å². The number of hydrogen-bond donors (Lipinski definition) is 2. The number of nitrogens with one attached hydrogen (secondary N) is 1. The molecule has 0 aromatic rings. The van der Waals surface area contributed by atoms with E-state index >= 15 is 0 Å². The summed E-state index contributed by atoms with van der Waals surface area (Å²) in [6.07, 6.45) is 4.72. The maximum absolute atomic E-state index is 5.70. The molecule has 0 saturated carbocycles. The lowest BCUT2D eigenvalue weighted by Gasteiger charge is -2.25. The number of amidine groups is 1. The summed E-state index contributed by atoms with van der Waals surface area (Å²) in [7, 11) is 0. The molecule has 3 heteroatoms. The molecule has 70 valence electrons. The molecular weight excluding hydrogens is 150 g/mol. The number of nitrogens with two attached hydrogens (primary N) is 1. The van der Waals surface area contributed by atoms with Gasteiger partial charge in [0.25, 0.3) is 0 Å². The van der Waals surface area contributed by atoms with Crippen LogP contribution in [-0.2, 0) is 0 Å². The summed E-state index contributed by atoms with van der Waals surface area (Å²) < 4.78 is 0. The predicted octanol–water partition coefficient (Wildman–Crippen LogP) is 1.24. The average molecular weight is 169 g/mol. The zero-order valence-electron chi connectivity index (χ0n) is 8.01. The maximum atomic E-state index is 5.70. The first-order valence-electron chi connectivity index (χ1n) is 4.80. The van der Waals surface area contributed by atoms with Crippen molar-refractivity contribution in [3.05, 3.63) is 0 Å². The summed E-state index contributed by atoms with van der Waals surface area (Å²) >= 11 is 0. The van der Waals surface area contributed by atoms with Crippen molar-refractivity contribution in [3.63, 3.8) is 0 Å². The van der Waals surface area contributed by atoms with Gasteiger partial charge in [0.1, 0.15) is 6.17 Å². The summed E-state index contributed by atoms with van der Waals surface area (Å²) in [5.74, 6) is 0.808. The summed E-state index contributed by atoms with van der Waals surface area (Å²) in [6, 6.07) is 0.490. The predicted molar refractivity (Wildman–Crippen MR) is 52.2 cm³/mol. The first-order valence-corrected chi connectivity index (χ1v) is 4.80. The second-order valence-corrected chi connectivity index (χ2v) is 3.55. The van der Waals surface area contributed by atoms with E-state index in [0.29, 0.717) is 6.04 Å². The van der Waals surface area contributed by atoms with Crippen LogP contribution in [0.3, 0.4) is 0 Å². The van der Waals surface area contributed by atoms with Crippen LogP contribution in [0, 0.1) is 0 Å². The molecule has 0 radical (unpaired) electrons. The van der Waals surface area contributed by atoms with E-state index < -0.39 is 0 Å². The molecule has 2 unspecified atom stereocenters. The molecule has 2 atom stereocenters. The van der Waals surface area contributed by atoms with Crippen molar-refractivity contribution >= 4 is 5.84 Å². The Morgan fingerprint density at radius 2 is 2.42 bits per heavy atom. The lowest BCUT2D eigenvalue weighted by molar-refractivity contribution is 0.410. The van der Waals surface area contributed by atoms with E-state index in [9.17, 15) is 0 Å². The fourth-order valence-corrected chi connectivity index (χ4v) is 1.54. The molecule has 3 N–H and O–H groups in total. The summed E-state index contributed by atoms with van der Waals surface area (Å²) in [4.78, 5) is 4.35. The Kier molecular flexibility index (Phi) is 3.53. The topological polar surface area (TPSA) is 50.4 Å². The normalized spacial score (nSPS) is 30.0. The second kappa shape index (κ2) is 4.45. The fourth-order valence-electron chi connectivity index (χ4n) is 1.54. The first kappa shape index (κ1) is 9.52. The molecule has 0 fully saturated rings. The Hall–Kier alpha value is -0.570. The molecule has 0 amide bonds. The highest BCUT2D eigenvalue weighted by Gasteiger charge is 2.16. The van der Waals surface area contributed by atoms with Gasteiger partial charge in [-0.3, -0.25) is 10.3 Å². The molecule has 1 aliphatic heterocycles. The van der Waals surface area contributed by atoms with Gasteiger partial charge in [-0.1, -0.05) is 19.8 Å². The van der Waals surface area contributed by atoms with E-state index in [0.717, 1.165) is 18.7 Å². The first-order chi connectivity index (χ1) is 5.72. The number of nitrogens with zero attached hydrogens (tertiary/aromatic N) is 1. The van der Waals surface area contributed by atoms with Crippen molar-refractivity contribution in [1.29, 1.82) is 0 Å². The van der Waals surface area contributed by atoms with Gasteiger partial charge in [0.15, 0.2) is 0 Å². The standard InChI is InChI=1S/C9H19N3/c1-3-4-5-9-11-7(2)6-8(10)12-9/h7,9,11H,3-6H2,1-2H3,(H2,10,12). The molecule has 0 aromatic heterocycles. The largest absolute Gasteiger partial charge is 0.387 e. The lowest BCUT2D eigenvalue weighted by atomic mass is 10.1. The van der Waals surface area contributed by atoms with E-state index in [-0.39, 0.29) is 6.17 Å². The van der Waals surface area contributed by atoms with E-state index in [1.807, 2.05) is 0 Å². The molecule has 3 nitrogen and oxygen atoms in total. The summed E-state index contributed by atoms with van der Waals surface area (Å²) in [5, 5.41) is 3.41. The van der Waals surface area contributed by atoms with Gasteiger partial charge in [-0.15, -0.1) is 0 Å². The summed E-state index contributed by atoms with van der Waals surface area (Å²) in [5.41, 5.74) is 5.70. The molecular formula is C9H19N3. The third-order valence-corrected chi connectivity index (χ3v) is 2.15. The van der Waals surface area contributed by atoms with Crippen LogP contribution in [0.1, 0.15) is 39.5 Å². The third-order valence-electron chi connectivity index (χ3n) is 2.15. The quantitative estimate of drug-likeness (QED) is 0.668. The highest BCUT2D eigenvalue weighted by molar-refractivity contribution is 5.81. The van der Waals surface area contributed by atoms with Gasteiger partial charge >= 0.3 is 0 Å². The average Bonchev–Trinajstić information content (AvgIpc) is 1.99. The van der Waals surface area contributed by atoms with Gasteiger partial charge in [-0.05, 0) is 13.3 Å². The van der Waals surface area contributed by atoms with Crippen LogP contribution in [0.4, 0.5) is 0 Å². The van der Waals surface area contributed by atoms with Crippen LogP contribution < -0.4 is 11.1 Å². The number of unbranched alkanes of at least 4 members (excludes halogenated alkanes) is 1. The molecule has 1 heterocycles. The van der Waals surface area contributed by atoms with Crippen LogP contribution in [0.15, 0.2) is 4.99 Å². The molecule has 12 heavy (non-hydrogen) atoms. The van der Waals surface area contributed by atoms with E-state index in [1.54, 1.807) is 0 Å². The Labute approximate surface area is 74.4 Å². The van der Waals surface area contributed by atoms with Crippen LogP contribution in [0.2, 0.25) is 0 Å². The van der Waals surface area contributed by atoms with Crippen LogP contribution in [0.5, 0.6) is 0 Å². The maximum Gasteiger partial charge on any atom is 0.102 e. The van der Waals surface area contributed by atoms with E-state index in [2.05, 4.69) is 24.2 Å². The van der Waals surface area contributed by atoms with Crippen molar-refractivity contribution in [3.8, 4) is 0 Å². The van der Waals surface area contributed by atoms with Crippen molar-refractivity contribution in [2.75, 3.05) is 0 Å². The number of hydrogen-bond acceptors (Lipinski definition) is 3. The Bertz CT molecular complexity index is 165. The molecule has 1 rings (SSSR count). The minimum absolute atomic E-state index is 0.272. The minimum Gasteiger partial charge on any atom is -0.387 e. The lowest BCUT2D eigenvalue weighted by Crippen LogP contribution is -2.43. The SMILES string of the molecule is CCCCC1N=C(N)CC(C)N1. The van der Waals surface area contributed by atoms with Gasteiger partial charge in [-0.2, -0.15) is 0 Å². The van der Waals surface area contributed by atoms with Crippen molar-refractivity contribution in [2.24, 2.45) is 10.7 Å². The van der Waals surface area contributed by atoms with Gasteiger partial charge in [-0.25, -0.2) is 0 Å². The highest BCUT2D eigenvalue weighted by Crippen LogP contribution is 2.08. The summed E-state index contributed by atoms with van der Waals surface area (Å²) in [6.45, 7) is 4.35. The fraction of sp³-hybridized carbons (Fsp3) is 0.889. The minimum atomic E-state index is 0.272. The smallest absolute Gasteiger partial charge is 0.102 e. The van der Waals surface area contributed by atoms with Crippen molar-refractivity contribution in [1.82, 2.24) is 5.32 Å². The van der Waals surface area contributed by atoms with Gasteiger partial charge in [0.2, 0.25) is 0 Å². The van der Waals surface area contributed by atoms with Gasteiger partial charge < -0.3 is 5.73 Å². The zero-order chi connectivity index (χ0) is 8.97. The second-order valence-electron chi connectivity index (χ2n) is 3.55. The monoisotopic (exact) mass is 169 g/mol. The Morgan fingerprint density at radius 3 is 3.00 bits per heavy atom. The van der Waals surface area contributed by atoms with E-state index in [1.165, 1.54) is 12.8 Å². The molecule has 0 spiro atoms. The molecule has 0 aromatic carbocycles. The molecule has 0 aliphatic carbocycles. The molecule has 0 bridgehead atoms.